The zero-order chi connectivity index (χ0) is 21.7. The highest BCUT2D eigenvalue weighted by Crippen LogP contribution is 2.24. The van der Waals surface area contributed by atoms with E-state index in [1.54, 1.807) is 24.3 Å². The third-order valence-electron chi connectivity index (χ3n) is 4.57. The number of ether oxygens (including phenoxy) is 2. The summed E-state index contributed by atoms with van der Waals surface area (Å²) >= 11 is 0. The molecule has 0 bridgehead atoms. The SMILES string of the molecule is COC(=O)COc1ccc(NC(=O)C2=NN(c3cccc(C)c3)C(=O)CC2)c(C)c1. The second-order valence-electron chi connectivity index (χ2n) is 6.89. The highest BCUT2D eigenvalue weighted by Gasteiger charge is 2.26. The maximum absolute atomic E-state index is 12.7. The van der Waals surface area contributed by atoms with Crippen molar-refractivity contribution < 1.29 is 23.9 Å². The number of hydrazone groups is 1. The number of nitrogens with zero attached hydrogens (tertiary/aromatic N) is 2. The van der Waals surface area contributed by atoms with Gasteiger partial charge in [0.2, 0.25) is 5.91 Å². The number of rotatable bonds is 6. The molecule has 0 aliphatic carbocycles. The Morgan fingerprint density at radius 3 is 2.63 bits per heavy atom. The number of methoxy groups -OCH3 is 1. The molecule has 1 aliphatic rings. The van der Waals surface area contributed by atoms with Crippen LogP contribution in [0.1, 0.15) is 24.0 Å². The first-order valence-electron chi connectivity index (χ1n) is 9.46. The normalized spacial score (nSPS) is 13.5. The highest BCUT2D eigenvalue weighted by molar-refractivity contribution is 6.44. The Morgan fingerprint density at radius 1 is 1.13 bits per heavy atom. The Labute approximate surface area is 174 Å². The average molecular weight is 409 g/mol. The molecule has 2 amide bonds. The van der Waals surface area contributed by atoms with E-state index in [0.717, 1.165) is 11.1 Å². The largest absolute Gasteiger partial charge is 0.482 e. The second kappa shape index (κ2) is 9.21. The quantitative estimate of drug-likeness (QED) is 0.740. The number of hydrogen-bond acceptors (Lipinski definition) is 6. The number of aryl methyl sites for hydroxylation is 2. The number of carbonyl (C=O) groups excluding carboxylic acids is 3. The maximum Gasteiger partial charge on any atom is 0.343 e. The molecule has 0 fully saturated rings. The Hall–Kier alpha value is -3.68. The molecular weight excluding hydrogens is 386 g/mol. The molecule has 0 spiro atoms. The molecule has 30 heavy (non-hydrogen) atoms. The summed E-state index contributed by atoms with van der Waals surface area (Å²) in [4.78, 5) is 36.2. The maximum atomic E-state index is 12.7. The van der Waals surface area contributed by atoms with E-state index in [0.29, 0.717) is 17.1 Å². The summed E-state index contributed by atoms with van der Waals surface area (Å²) in [5.74, 6) is -0.512. The van der Waals surface area contributed by atoms with Gasteiger partial charge in [-0.25, -0.2) is 9.80 Å². The van der Waals surface area contributed by atoms with Crippen LogP contribution in [0.5, 0.6) is 5.75 Å². The lowest BCUT2D eigenvalue weighted by atomic mass is 10.1. The molecular formula is C22H23N3O5. The molecule has 1 aliphatic heterocycles. The molecule has 1 heterocycles. The first-order chi connectivity index (χ1) is 14.4. The van der Waals surface area contributed by atoms with E-state index < -0.39 is 5.97 Å². The molecule has 1 N–H and O–H groups in total. The van der Waals surface area contributed by atoms with Crippen molar-refractivity contribution in [3.8, 4) is 5.75 Å². The van der Waals surface area contributed by atoms with Crippen LogP contribution < -0.4 is 15.1 Å². The first kappa shape index (κ1) is 21.0. The van der Waals surface area contributed by atoms with Crippen LogP contribution >= 0.6 is 0 Å². The van der Waals surface area contributed by atoms with Crippen molar-refractivity contribution in [3.63, 3.8) is 0 Å². The van der Waals surface area contributed by atoms with E-state index in [9.17, 15) is 14.4 Å². The Bertz CT molecular complexity index is 1020. The Morgan fingerprint density at radius 2 is 1.93 bits per heavy atom. The number of hydrogen-bond donors (Lipinski definition) is 1. The minimum Gasteiger partial charge on any atom is -0.482 e. The fourth-order valence-corrected chi connectivity index (χ4v) is 2.94. The summed E-state index contributed by atoms with van der Waals surface area (Å²) in [5, 5.41) is 8.39. The van der Waals surface area contributed by atoms with Crippen LogP contribution in [0.25, 0.3) is 0 Å². The van der Waals surface area contributed by atoms with Gasteiger partial charge in [-0.15, -0.1) is 0 Å². The van der Waals surface area contributed by atoms with Crippen LogP contribution in [-0.2, 0) is 19.1 Å². The summed E-state index contributed by atoms with van der Waals surface area (Å²) in [7, 11) is 1.29. The van der Waals surface area contributed by atoms with Gasteiger partial charge in [-0.2, -0.15) is 5.10 Å². The van der Waals surface area contributed by atoms with Crippen molar-refractivity contribution in [2.24, 2.45) is 5.10 Å². The Balaban J connectivity index is 1.72. The summed E-state index contributed by atoms with van der Waals surface area (Å²) in [5.41, 5.74) is 3.26. The van der Waals surface area contributed by atoms with Crippen molar-refractivity contribution >= 4 is 34.9 Å². The fourth-order valence-electron chi connectivity index (χ4n) is 2.94. The summed E-state index contributed by atoms with van der Waals surface area (Å²) in [6.07, 6.45) is 0.478. The van der Waals surface area contributed by atoms with Gasteiger partial charge in [-0.05, 0) is 55.3 Å². The van der Waals surface area contributed by atoms with Gasteiger partial charge in [0, 0.05) is 18.5 Å². The van der Waals surface area contributed by atoms with E-state index in [2.05, 4.69) is 15.2 Å². The monoisotopic (exact) mass is 409 g/mol. The lowest BCUT2D eigenvalue weighted by molar-refractivity contribution is -0.142. The molecule has 156 valence electrons. The van der Waals surface area contributed by atoms with Crippen LogP contribution in [-0.4, -0.2) is 37.2 Å². The van der Waals surface area contributed by atoms with Gasteiger partial charge in [-0.1, -0.05) is 12.1 Å². The number of benzene rings is 2. The predicted molar refractivity (Wildman–Crippen MR) is 113 cm³/mol. The molecule has 0 aromatic heterocycles. The molecule has 2 aromatic carbocycles. The fraction of sp³-hybridized carbons (Fsp3) is 0.273. The van der Waals surface area contributed by atoms with Gasteiger partial charge >= 0.3 is 5.97 Å². The van der Waals surface area contributed by atoms with Crippen LogP contribution in [0, 0.1) is 13.8 Å². The van der Waals surface area contributed by atoms with Gasteiger partial charge in [0.15, 0.2) is 6.61 Å². The smallest absolute Gasteiger partial charge is 0.343 e. The molecule has 2 aromatic rings. The van der Waals surface area contributed by atoms with E-state index in [-0.39, 0.29) is 37.0 Å². The van der Waals surface area contributed by atoms with E-state index >= 15 is 0 Å². The number of anilines is 2. The summed E-state index contributed by atoms with van der Waals surface area (Å²) in [6, 6.07) is 12.4. The van der Waals surface area contributed by atoms with Gasteiger partial charge in [-0.3, -0.25) is 9.59 Å². The molecule has 0 unspecified atom stereocenters. The average Bonchev–Trinajstić information content (AvgIpc) is 2.74. The first-order valence-corrected chi connectivity index (χ1v) is 9.46. The van der Waals surface area contributed by atoms with Crippen LogP contribution in [0.3, 0.4) is 0 Å². The molecule has 8 heteroatoms. The third kappa shape index (κ3) is 5.02. The summed E-state index contributed by atoms with van der Waals surface area (Å²) < 4.78 is 9.88. The third-order valence-corrected chi connectivity index (χ3v) is 4.57. The highest BCUT2D eigenvalue weighted by atomic mass is 16.6. The number of carbonyl (C=O) groups is 3. The number of amides is 2. The van der Waals surface area contributed by atoms with Crippen molar-refractivity contribution in [3.05, 3.63) is 53.6 Å². The molecule has 0 atom stereocenters. The summed E-state index contributed by atoms with van der Waals surface area (Å²) in [6.45, 7) is 3.55. The standard InChI is InChI=1S/C22H23N3O5/c1-14-5-4-6-16(11-14)25-20(26)10-9-19(24-25)22(28)23-18-8-7-17(12-15(18)2)30-13-21(27)29-3/h4-8,11-12H,9-10,13H2,1-3H3,(H,23,28). The zero-order valence-electron chi connectivity index (χ0n) is 17.1. The van der Waals surface area contributed by atoms with Gasteiger partial charge in [0.1, 0.15) is 11.5 Å². The van der Waals surface area contributed by atoms with Crippen LogP contribution in [0.15, 0.2) is 47.6 Å². The lowest BCUT2D eigenvalue weighted by Crippen LogP contribution is -2.36. The lowest BCUT2D eigenvalue weighted by Gasteiger charge is -2.23. The van der Waals surface area contributed by atoms with Crippen molar-refractivity contribution in [1.29, 1.82) is 0 Å². The zero-order valence-corrected chi connectivity index (χ0v) is 17.1. The van der Waals surface area contributed by atoms with Crippen molar-refractivity contribution in [2.45, 2.75) is 26.7 Å². The molecule has 0 saturated heterocycles. The Kier molecular flexibility index (Phi) is 6.46. The van der Waals surface area contributed by atoms with Crippen molar-refractivity contribution in [2.75, 3.05) is 24.0 Å². The van der Waals surface area contributed by atoms with E-state index in [4.69, 9.17) is 4.74 Å². The van der Waals surface area contributed by atoms with Crippen LogP contribution in [0.4, 0.5) is 11.4 Å². The number of nitrogens with one attached hydrogen (secondary N) is 1. The van der Waals surface area contributed by atoms with E-state index in [1.165, 1.54) is 12.1 Å². The van der Waals surface area contributed by atoms with Gasteiger partial charge in [0.25, 0.3) is 5.91 Å². The number of esters is 1. The molecule has 0 radical (unpaired) electrons. The predicted octanol–water partition coefficient (Wildman–Crippen LogP) is 2.98. The minimum absolute atomic E-state index is 0.152. The van der Waals surface area contributed by atoms with Crippen LogP contribution in [0.2, 0.25) is 0 Å². The minimum atomic E-state index is -0.479. The molecule has 8 nitrogen and oxygen atoms in total. The second-order valence-corrected chi connectivity index (χ2v) is 6.89. The van der Waals surface area contributed by atoms with E-state index in [1.807, 2.05) is 32.0 Å². The molecule has 3 rings (SSSR count). The van der Waals surface area contributed by atoms with Gasteiger partial charge in [0.05, 0.1) is 12.8 Å². The van der Waals surface area contributed by atoms with Gasteiger partial charge < -0.3 is 14.8 Å². The molecule has 0 saturated carbocycles. The topological polar surface area (TPSA) is 97.3 Å². The van der Waals surface area contributed by atoms with Crippen molar-refractivity contribution in [1.82, 2.24) is 0 Å².